The van der Waals surface area contributed by atoms with Crippen LogP contribution < -0.4 is 5.32 Å². The van der Waals surface area contributed by atoms with Crippen molar-refractivity contribution in [1.82, 2.24) is 9.55 Å². The van der Waals surface area contributed by atoms with Crippen LogP contribution in [0.4, 0.5) is 5.69 Å². The zero-order valence-corrected chi connectivity index (χ0v) is 31.2. The molecule has 4 atom stereocenters. The monoisotopic (exact) mass is 762 g/mol. The summed E-state index contributed by atoms with van der Waals surface area (Å²) in [5.74, 6) is -2.40. The number of fused-ring (bicyclic) bond motifs is 1. The summed E-state index contributed by atoms with van der Waals surface area (Å²) >= 11 is 6.40. The van der Waals surface area contributed by atoms with E-state index in [0.29, 0.717) is 11.1 Å². The zero-order valence-electron chi connectivity index (χ0n) is 28.8. The topological polar surface area (TPSA) is 226 Å². The third-order valence-electron chi connectivity index (χ3n) is 8.12. The molecule has 1 saturated heterocycles. The van der Waals surface area contributed by atoms with Crippen LogP contribution in [0.2, 0.25) is 5.15 Å². The molecule has 1 unspecified atom stereocenters. The summed E-state index contributed by atoms with van der Waals surface area (Å²) in [6.07, 6.45) is -0.800. The molecule has 2 aromatic heterocycles. The van der Waals surface area contributed by atoms with Gasteiger partial charge in [0.1, 0.15) is 35.6 Å². The number of hydrogen-bond acceptors (Lipinski definition) is 15. The number of carbonyl (C=O) groups excluding carboxylic acids is 2. The van der Waals surface area contributed by atoms with E-state index in [0.717, 1.165) is 25.7 Å². The molecule has 1 saturated carbocycles. The molecule has 0 bridgehead atoms. The summed E-state index contributed by atoms with van der Waals surface area (Å²) in [7, 11) is -9.17. The van der Waals surface area contributed by atoms with Crippen LogP contribution in [0.3, 0.4) is 0 Å². The molecule has 3 heterocycles. The second-order valence-electron chi connectivity index (χ2n) is 14.4. The highest BCUT2D eigenvalue weighted by Gasteiger charge is 2.47. The quantitative estimate of drug-likeness (QED) is 0.112. The molecule has 16 nitrogen and oxygen atoms in total. The highest BCUT2D eigenvalue weighted by atomic mass is 35.5. The lowest BCUT2D eigenvalue weighted by molar-refractivity contribution is -0.161. The van der Waals surface area contributed by atoms with Gasteiger partial charge in [0.25, 0.3) is 0 Å². The van der Waals surface area contributed by atoms with Crippen LogP contribution in [0.5, 0.6) is 0 Å². The van der Waals surface area contributed by atoms with Crippen LogP contribution in [-0.4, -0.2) is 89.3 Å². The first kappa shape index (κ1) is 40.0. The van der Waals surface area contributed by atoms with Gasteiger partial charge in [0.15, 0.2) is 26.7 Å². The summed E-state index contributed by atoms with van der Waals surface area (Å²) in [5, 5.41) is 35.5. The average Bonchev–Trinajstić information content (AvgIpc) is 3.72. The number of esters is 2. The van der Waals surface area contributed by atoms with Crippen LogP contribution in [0, 0.1) is 22.2 Å². The van der Waals surface area contributed by atoms with E-state index in [1.54, 1.807) is 47.6 Å². The molecular weight excluding hydrogens is 719 g/mol. The Hall–Kier alpha value is -2.81. The Kier molecular flexibility index (Phi) is 12.3. The molecule has 50 heavy (non-hydrogen) atoms. The zero-order chi connectivity index (χ0) is 37.2. The van der Waals surface area contributed by atoms with Gasteiger partial charge < -0.3 is 34.3 Å². The third-order valence-corrected chi connectivity index (χ3v) is 13.1. The fourth-order valence-corrected chi connectivity index (χ4v) is 9.82. The molecule has 0 amide bonds. The minimum atomic E-state index is -4.68. The molecule has 4 rings (SSSR count). The predicted molar refractivity (Wildman–Crippen MR) is 181 cm³/mol. The van der Waals surface area contributed by atoms with Crippen molar-refractivity contribution in [3.8, 4) is 6.07 Å². The lowest BCUT2D eigenvalue weighted by Crippen LogP contribution is -2.36. The van der Waals surface area contributed by atoms with Crippen molar-refractivity contribution in [3.05, 3.63) is 23.0 Å². The van der Waals surface area contributed by atoms with E-state index in [4.69, 9.17) is 34.9 Å². The number of sulfone groups is 1. The summed E-state index contributed by atoms with van der Waals surface area (Å²) < 4.78 is 67.9. The second kappa shape index (κ2) is 15.4. The number of aromatic nitrogens is 2. The van der Waals surface area contributed by atoms with E-state index in [-0.39, 0.29) is 22.4 Å². The number of ether oxygens (including phenoxy) is 3. The van der Waals surface area contributed by atoms with Crippen molar-refractivity contribution in [2.75, 3.05) is 30.1 Å². The van der Waals surface area contributed by atoms with Crippen LogP contribution in [-0.2, 0) is 47.2 Å². The SMILES string of the molecule is CC(C)(C)C(=O)OCOP(=O)(CS(=O)(=O)C[C@H]1OC(n2ccc3c(NC4CCCC4)c(C#N)c(Cl)nc32)[C@H](O)[C@@H]1O)OCOC(=O)C(C)(C)C. The standard InChI is InChI=1S/C31H44ClN4O12PS/c1-30(2,3)28(39)44-15-46-49(41,47-16-45-29(40)31(4,5)6)17-50(42,43)14-21-23(37)24(38)27(48-21)36-12-11-19-22(34-18-9-7-8-10-18)20(13-33)25(32)35-26(19)36/h11-12,18,21,23-24,27,37-38H,7-10,14-17H2,1-6H3,(H,34,35)/t21-,23-,24-,27?/m1/s1. The number of pyridine rings is 1. The Bertz CT molecular complexity index is 1740. The highest BCUT2D eigenvalue weighted by molar-refractivity contribution is 7.97. The highest BCUT2D eigenvalue weighted by Crippen LogP contribution is 2.50. The van der Waals surface area contributed by atoms with Gasteiger partial charge in [-0.2, -0.15) is 5.26 Å². The van der Waals surface area contributed by atoms with Crippen LogP contribution in [0.1, 0.15) is 79.0 Å². The molecule has 0 spiro atoms. The number of hydrogen-bond donors (Lipinski definition) is 3. The first-order chi connectivity index (χ1) is 23.2. The normalized spacial score (nSPS) is 22.1. The van der Waals surface area contributed by atoms with Crippen molar-refractivity contribution in [1.29, 1.82) is 5.26 Å². The Balaban J connectivity index is 1.53. The van der Waals surface area contributed by atoms with Crippen molar-refractivity contribution in [2.24, 2.45) is 10.8 Å². The van der Waals surface area contributed by atoms with Crippen molar-refractivity contribution < 1.29 is 56.0 Å². The number of rotatable bonds is 13. The number of anilines is 1. The van der Waals surface area contributed by atoms with Gasteiger partial charge in [0, 0.05) is 17.6 Å². The molecule has 3 N–H and O–H groups in total. The number of nitrogens with zero attached hydrogens (tertiary/aromatic N) is 3. The van der Waals surface area contributed by atoms with Crippen molar-refractivity contribution in [2.45, 2.75) is 97.8 Å². The third kappa shape index (κ3) is 9.54. The van der Waals surface area contributed by atoms with Gasteiger partial charge in [-0.3, -0.25) is 23.2 Å². The number of carbonyl (C=O) groups is 2. The largest absolute Gasteiger partial charge is 0.438 e. The van der Waals surface area contributed by atoms with Crippen LogP contribution >= 0.6 is 19.2 Å². The van der Waals surface area contributed by atoms with Gasteiger partial charge in [0.05, 0.1) is 22.3 Å². The number of aliphatic hydroxyl groups is 2. The van der Waals surface area contributed by atoms with E-state index >= 15 is 0 Å². The minimum Gasteiger partial charge on any atom is -0.438 e. The van der Waals surface area contributed by atoms with Gasteiger partial charge in [-0.15, -0.1) is 0 Å². The Morgan fingerprint density at radius 3 is 2.16 bits per heavy atom. The molecule has 278 valence electrons. The lowest BCUT2D eigenvalue weighted by atomic mass is 9.98. The maximum absolute atomic E-state index is 13.6. The summed E-state index contributed by atoms with van der Waals surface area (Å²) in [4.78, 5) is 28.7. The van der Waals surface area contributed by atoms with Crippen molar-refractivity contribution in [3.63, 3.8) is 0 Å². The van der Waals surface area contributed by atoms with Gasteiger partial charge in [-0.05, 0) is 60.5 Å². The van der Waals surface area contributed by atoms with E-state index in [1.165, 1.54) is 10.8 Å². The maximum Gasteiger partial charge on any atom is 0.351 e. The minimum absolute atomic E-state index is 0.0929. The summed E-state index contributed by atoms with van der Waals surface area (Å²) in [6, 6.07) is 3.85. The molecule has 2 fully saturated rings. The van der Waals surface area contributed by atoms with E-state index in [9.17, 15) is 38.0 Å². The first-order valence-corrected chi connectivity index (χ1v) is 19.9. The van der Waals surface area contributed by atoms with E-state index in [1.807, 2.05) is 0 Å². The predicted octanol–water partition coefficient (Wildman–Crippen LogP) is 4.23. The average molecular weight is 763 g/mol. The fraction of sp³-hybridized carbons (Fsp3) is 0.677. The Labute approximate surface area is 295 Å². The molecular formula is C31H44ClN4O12PS. The van der Waals surface area contributed by atoms with Gasteiger partial charge >= 0.3 is 19.5 Å². The van der Waals surface area contributed by atoms with E-state index in [2.05, 4.69) is 16.4 Å². The fourth-order valence-electron chi connectivity index (χ4n) is 5.38. The first-order valence-electron chi connectivity index (χ1n) is 16.0. The summed E-state index contributed by atoms with van der Waals surface area (Å²) in [6.45, 7) is 7.52. The second-order valence-corrected chi connectivity index (χ2v) is 19.4. The molecule has 1 aliphatic carbocycles. The molecule has 2 aromatic rings. The van der Waals surface area contributed by atoms with E-state index < -0.39 is 89.6 Å². The van der Waals surface area contributed by atoms with Crippen LogP contribution in [0.15, 0.2) is 12.3 Å². The number of halogens is 1. The van der Waals surface area contributed by atoms with Crippen molar-refractivity contribution >= 4 is 57.7 Å². The molecule has 1 aliphatic heterocycles. The Morgan fingerprint density at radius 1 is 1.08 bits per heavy atom. The Morgan fingerprint density at radius 2 is 1.64 bits per heavy atom. The molecule has 2 aliphatic rings. The maximum atomic E-state index is 13.6. The molecule has 0 aromatic carbocycles. The van der Waals surface area contributed by atoms with Gasteiger partial charge in [-0.25, -0.2) is 13.4 Å². The molecule has 0 radical (unpaired) electrons. The summed E-state index contributed by atoms with van der Waals surface area (Å²) in [5.41, 5.74) is -2.34. The van der Waals surface area contributed by atoms with Crippen LogP contribution in [0.25, 0.3) is 11.0 Å². The van der Waals surface area contributed by atoms with Gasteiger partial charge in [0.2, 0.25) is 13.6 Å². The number of nitrogens with one attached hydrogen (secondary N) is 1. The number of aliphatic hydroxyl groups excluding tert-OH is 2. The lowest BCUT2D eigenvalue weighted by Gasteiger charge is -2.22. The van der Waals surface area contributed by atoms with Gasteiger partial charge in [-0.1, -0.05) is 24.4 Å². The smallest absolute Gasteiger partial charge is 0.351 e. The molecule has 19 heteroatoms. The number of nitriles is 1.